The van der Waals surface area contributed by atoms with E-state index in [1.807, 2.05) is 19.1 Å². The van der Waals surface area contributed by atoms with Gasteiger partial charge in [-0.25, -0.2) is 0 Å². The van der Waals surface area contributed by atoms with Crippen molar-refractivity contribution >= 4 is 5.97 Å². The van der Waals surface area contributed by atoms with Crippen molar-refractivity contribution in [3.8, 4) is 0 Å². The summed E-state index contributed by atoms with van der Waals surface area (Å²) in [6.07, 6.45) is 1.45. The fraction of sp³-hybridized carbons (Fsp3) is 0.643. The van der Waals surface area contributed by atoms with E-state index >= 15 is 0 Å². The Labute approximate surface area is 107 Å². The third kappa shape index (κ3) is 2.75. The molecule has 1 aliphatic carbocycles. The molecule has 1 aromatic heterocycles. The van der Waals surface area contributed by atoms with Gasteiger partial charge in [-0.3, -0.25) is 4.79 Å². The van der Waals surface area contributed by atoms with Crippen LogP contribution in [0.5, 0.6) is 0 Å². The van der Waals surface area contributed by atoms with Gasteiger partial charge in [0.05, 0.1) is 13.5 Å². The van der Waals surface area contributed by atoms with Gasteiger partial charge in [0.25, 0.3) is 0 Å². The van der Waals surface area contributed by atoms with Crippen LogP contribution in [0.3, 0.4) is 0 Å². The van der Waals surface area contributed by atoms with E-state index < -0.39 is 0 Å². The Morgan fingerprint density at radius 1 is 1.61 bits per heavy atom. The molecule has 0 bridgehead atoms. The smallest absolute Gasteiger partial charge is 0.306 e. The molecule has 4 nitrogen and oxygen atoms in total. The van der Waals surface area contributed by atoms with Crippen molar-refractivity contribution in [3.05, 3.63) is 23.7 Å². The van der Waals surface area contributed by atoms with Gasteiger partial charge < -0.3 is 14.9 Å². The molecule has 2 rings (SSSR count). The number of carbonyl (C=O) groups is 1. The predicted molar refractivity (Wildman–Crippen MR) is 68.3 cm³/mol. The van der Waals surface area contributed by atoms with Gasteiger partial charge in [-0.2, -0.15) is 0 Å². The molecule has 0 spiro atoms. The quantitative estimate of drug-likeness (QED) is 0.816. The minimum absolute atomic E-state index is 0.111. The average molecular weight is 251 g/mol. The van der Waals surface area contributed by atoms with Crippen LogP contribution in [0.4, 0.5) is 0 Å². The maximum absolute atomic E-state index is 11.4. The summed E-state index contributed by atoms with van der Waals surface area (Å²) in [4.78, 5) is 11.4. The van der Waals surface area contributed by atoms with Crippen molar-refractivity contribution in [1.29, 1.82) is 0 Å². The first-order chi connectivity index (χ1) is 8.52. The van der Waals surface area contributed by atoms with E-state index in [-0.39, 0.29) is 24.3 Å². The van der Waals surface area contributed by atoms with Crippen LogP contribution in [0.1, 0.15) is 50.0 Å². The fourth-order valence-electron chi connectivity index (χ4n) is 2.29. The maximum atomic E-state index is 11.4. The second kappa shape index (κ2) is 5.14. The lowest BCUT2D eigenvalue weighted by Crippen LogP contribution is -2.27. The largest absolute Gasteiger partial charge is 0.469 e. The van der Waals surface area contributed by atoms with Crippen molar-refractivity contribution in [2.24, 2.45) is 11.7 Å². The first-order valence-electron chi connectivity index (χ1n) is 6.45. The van der Waals surface area contributed by atoms with Crippen molar-refractivity contribution in [1.82, 2.24) is 0 Å². The molecule has 4 heteroatoms. The third-order valence-electron chi connectivity index (χ3n) is 3.74. The Balaban J connectivity index is 2.10. The number of furan rings is 1. The van der Waals surface area contributed by atoms with Crippen LogP contribution in [0.25, 0.3) is 0 Å². The van der Waals surface area contributed by atoms with E-state index in [0.29, 0.717) is 11.8 Å². The molecule has 100 valence electrons. The highest BCUT2D eigenvalue weighted by Crippen LogP contribution is 2.47. The molecule has 1 heterocycles. The van der Waals surface area contributed by atoms with E-state index in [2.05, 4.69) is 6.92 Å². The molecule has 0 radical (unpaired) electrons. The van der Waals surface area contributed by atoms with E-state index in [4.69, 9.17) is 14.9 Å². The van der Waals surface area contributed by atoms with E-state index in [1.54, 1.807) is 0 Å². The van der Waals surface area contributed by atoms with Crippen LogP contribution in [0.2, 0.25) is 0 Å². The zero-order valence-electron chi connectivity index (χ0n) is 11.2. The second-order valence-corrected chi connectivity index (χ2v) is 5.31. The van der Waals surface area contributed by atoms with Gasteiger partial charge in [-0.1, -0.05) is 6.92 Å². The lowest BCUT2D eigenvalue weighted by molar-refractivity contribution is -0.141. The topological polar surface area (TPSA) is 65.5 Å². The normalized spacial score (nSPS) is 25.6. The molecule has 4 atom stereocenters. The first kappa shape index (κ1) is 13.1. The average Bonchev–Trinajstić information content (AvgIpc) is 2.88. The Morgan fingerprint density at radius 3 is 2.78 bits per heavy atom. The van der Waals surface area contributed by atoms with Gasteiger partial charge >= 0.3 is 5.97 Å². The lowest BCUT2D eigenvalue weighted by Gasteiger charge is -2.17. The van der Waals surface area contributed by atoms with E-state index in [1.165, 1.54) is 13.5 Å². The fourth-order valence-corrected chi connectivity index (χ4v) is 2.29. The van der Waals surface area contributed by atoms with Crippen LogP contribution in [-0.4, -0.2) is 19.1 Å². The Morgan fingerprint density at radius 2 is 2.28 bits per heavy atom. The van der Waals surface area contributed by atoms with Crippen LogP contribution < -0.4 is 5.73 Å². The summed E-state index contributed by atoms with van der Waals surface area (Å²) in [6.45, 7) is 4.10. The monoisotopic (exact) mass is 251 g/mol. The van der Waals surface area contributed by atoms with Crippen LogP contribution in [0.15, 0.2) is 16.5 Å². The van der Waals surface area contributed by atoms with Gasteiger partial charge in [0, 0.05) is 17.9 Å². The van der Waals surface area contributed by atoms with Gasteiger partial charge in [0.15, 0.2) is 0 Å². The highest BCUT2D eigenvalue weighted by atomic mass is 16.5. The van der Waals surface area contributed by atoms with Gasteiger partial charge in [0.1, 0.15) is 11.5 Å². The molecule has 0 amide bonds. The summed E-state index contributed by atoms with van der Waals surface area (Å²) in [7, 11) is 1.39. The zero-order valence-corrected chi connectivity index (χ0v) is 11.2. The predicted octanol–water partition coefficient (Wildman–Crippen LogP) is 2.40. The van der Waals surface area contributed by atoms with Crippen molar-refractivity contribution in [3.63, 3.8) is 0 Å². The molecule has 0 aromatic carbocycles. The summed E-state index contributed by atoms with van der Waals surface area (Å²) in [6, 6.07) is 3.81. The summed E-state index contributed by atoms with van der Waals surface area (Å²) in [5.41, 5.74) is 5.93. The van der Waals surface area contributed by atoms with Gasteiger partial charge in [-0.15, -0.1) is 0 Å². The summed E-state index contributed by atoms with van der Waals surface area (Å²) < 4.78 is 10.6. The molecule has 18 heavy (non-hydrogen) atoms. The summed E-state index contributed by atoms with van der Waals surface area (Å²) in [5, 5.41) is 0. The van der Waals surface area contributed by atoms with E-state index in [0.717, 1.165) is 11.5 Å². The van der Waals surface area contributed by atoms with E-state index in [9.17, 15) is 4.79 Å². The highest BCUT2D eigenvalue weighted by Gasteiger charge is 2.37. The molecular formula is C14H21NO3. The molecule has 0 aliphatic heterocycles. The number of ether oxygens (including phenoxy) is 1. The number of methoxy groups -OCH3 is 1. The third-order valence-corrected chi connectivity index (χ3v) is 3.74. The molecule has 2 N–H and O–H groups in total. The summed E-state index contributed by atoms with van der Waals surface area (Å²) >= 11 is 0. The number of esters is 1. The lowest BCUT2D eigenvalue weighted by atomic mass is 9.95. The molecule has 0 saturated heterocycles. The Hall–Kier alpha value is -1.29. The number of carbonyl (C=O) groups excluding carboxylic acids is 1. The Kier molecular flexibility index (Phi) is 3.76. The van der Waals surface area contributed by atoms with Crippen molar-refractivity contribution in [2.45, 2.75) is 44.6 Å². The molecule has 1 aromatic rings. The first-order valence-corrected chi connectivity index (χ1v) is 6.45. The minimum atomic E-state index is -0.255. The number of nitrogens with two attached hydrogens (primary N) is 1. The molecule has 1 aliphatic rings. The van der Waals surface area contributed by atoms with Crippen LogP contribution in [0, 0.1) is 5.92 Å². The highest BCUT2D eigenvalue weighted by molar-refractivity contribution is 5.70. The van der Waals surface area contributed by atoms with Crippen molar-refractivity contribution < 1.29 is 13.9 Å². The number of hydrogen-bond donors (Lipinski definition) is 1. The number of hydrogen-bond acceptors (Lipinski definition) is 4. The second-order valence-electron chi connectivity index (χ2n) is 5.31. The molecule has 1 saturated carbocycles. The Bertz CT molecular complexity index is 424. The van der Waals surface area contributed by atoms with Crippen molar-refractivity contribution in [2.75, 3.05) is 7.11 Å². The number of rotatable bonds is 5. The minimum Gasteiger partial charge on any atom is -0.469 e. The van der Waals surface area contributed by atoms with Gasteiger partial charge in [-0.05, 0) is 31.4 Å². The zero-order chi connectivity index (χ0) is 13.3. The summed E-state index contributed by atoms with van der Waals surface area (Å²) in [5.74, 6) is 2.71. The van der Waals surface area contributed by atoms with Crippen LogP contribution >= 0.6 is 0 Å². The standard InChI is InChI=1S/C14H21NO3/c1-8-6-10(8)12-4-5-13(18-12)11(9(2)15)7-14(16)17-3/h4-5,8-11H,6-7,15H2,1-3H3. The maximum Gasteiger partial charge on any atom is 0.306 e. The molecule has 1 fully saturated rings. The molecule has 4 unspecified atom stereocenters. The SMILES string of the molecule is COC(=O)CC(c1ccc(C2CC2C)o1)C(C)N. The molecular weight excluding hydrogens is 230 g/mol. The van der Waals surface area contributed by atoms with Gasteiger partial charge in [0.2, 0.25) is 0 Å². The van der Waals surface area contributed by atoms with Crippen LogP contribution in [-0.2, 0) is 9.53 Å².